The third-order valence-corrected chi connectivity index (χ3v) is 5.07. The molecule has 0 atom stereocenters. The lowest BCUT2D eigenvalue weighted by Crippen LogP contribution is -2.15. The van der Waals surface area contributed by atoms with Crippen molar-refractivity contribution in [2.75, 3.05) is 6.61 Å². The number of esters is 1. The number of hydrogen-bond donors (Lipinski definition) is 0. The molecule has 0 aliphatic rings. The Morgan fingerprint density at radius 1 is 1.00 bits per heavy atom. The second-order valence-corrected chi connectivity index (χ2v) is 7.63. The van der Waals surface area contributed by atoms with Crippen LogP contribution in [0.4, 0.5) is 0 Å². The summed E-state index contributed by atoms with van der Waals surface area (Å²) in [5.74, 6) is -0.296. The van der Waals surface area contributed by atoms with E-state index < -0.39 is 0 Å². The van der Waals surface area contributed by atoms with Crippen molar-refractivity contribution in [3.8, 4) is 22.5 Å². The van der Waals surface area contributed by atoms with E-state index in [1.54, 1.807) is 11.6 Å². The molecule has 134 valence electrons. The van der Waals surface area contributed by atoms with Gasteiger partial charge in [-0.2, -0.15) is 5.10 Å². The highest BCUT2D eigenvalue weighted by Gasteiger charge is 2.19. The number of halogens is 2. The topological polar surface area (TPSA) is 44.1 Å². The highest BCUT2D eigenvalue weighted by Crippen LogP contribution is 2.33. The Kier molecular flexibility index (Phi) is 5.94. The van der Waals surface area contributed by atoms with E-state index in [4.69, 9.17) is 9.84 Å². The predicted molar refractivity (Wildman–Crippen MR) is 110 cm³/mol. The van der Waals surface area contributed by atoms with E-state index >= 15 is 0 Å². The zero-order chi connectivity index (χ0) is 18.7. The average Bonchev–Trinajstić information content (AvgIpc) is 2.93. The highest BCUT2D eigenvalue weighted by atomic mass is 79.9. The van der Waals surface area contributed by atoms with Gasteiger partial charge in [-0.1, -0.05) is 56.1 Å². The highest BCUT2D eigenvalue weighted by molar-refractivity contribution is 9.10. The van der Waals surface area contributed by atoms with Gasteiger partial charge in [0.15, 0.2) is 0 Å². The van der Waals surface area contributed by atoms with Gasteiger partial charge in [0, 0.05) is 25.6 Å². The molecule has 26 heavy (non-hydrogen) atoms. The Morgan fingerprint density at radius 3 is 2.08 bits per heavy atom. The number of carbonyl (C=O) groups excluding carboxylic acids is 1. The van der Waals surface area contributed by atoms with Gasteiger partial charge < -0.3 is 4.74 Å². The maximum Gasteiger partial charge on any atom is 0.327 e. The zero-order valence-corrected chi connectivity index (χ0v) is 17.7. The first kappa shape index (κ1) is 18.9. The van der Waals surface area contributed by atoms with Crippen LogP contribution in [0.1, 0.15) is 12.5 Å². The number of carbonyl (C=O) groups is 1. The van der Waals surface area contributed by atoms with Crippen molar-refractivity contribution in [2.45, 2.75) is 20.4 Å². The summed E-state index contributed by atoms with van der Waals surface area (Å²) in [5, 5.41) is 4.72. The first-order chi connectivity index (χ1) is 12.5. The maximum atomic E-state index is 12.1. The second kappa shape index (κ2) is 8.18. The van der Waals surface area contributed by atoms with Crippen molar-refractivity contribution >= 4 is 37.8 Å². The van der Waals surface area contributed by atoms with E-state index in [1.165, 1.54) is 0 Å². The van der Waals surface area contributed by atoms with Crippen molar-refractivity contribution in [3.63, 3.8) is 0 Å². The molecule has 0 saturated heterocycles. The molecule has 2 aromatic carbocycles. The molecular formula is C20H18Br2N2O2. The minimum absolute atomic E-state index is 0.0800. The third-order valence-electron chi connectivity index (χ3n) is 4.01. The van der Waals surface area contributed by atoms with Gasteiger partial charge in [0.05, 0.1) is 18.0 Å². The van der Waals surface area contributed by atoms with Crippen LogP contribution in [0, 0.1) is 6.92 Å². The Hall–Kier alpha value is -1.92. The fourth-order valence-electron chi connectivity index (χ4n) is 2.85. The molecule has 1 aromatic heterocycles. The van der Waals surface area contributed by atoms with E-state index in [2.05, 4.69) is 31.9 Å². The van der Waals surface area contributed by atoms with Gasteiger partial charge in [-0.05, 0) is 38.1 Å². The van der Waals surface area contributed by atoms with Crippen molar-refractivity contribution in [3.05, 3.63) is 63.0 Å². The Balaban J connectivity index is 2.11. The summed E-state index contributed by atoms with van der Waals surface area (Å²) >= 11 is 6.92. The second-order valence-electron chi connectivity index (χ2n) is 5.80. The first-order valence-electron chi connectivity index (χ1n) is 8.24. The van der Waals surface area contributed by atoms with Crippen molar-refractivity contribution < 1.29 is 9.53 Å². The molecule has 0 amide bonds. The first-order valence-corrected chi connectivity index (χ1v) is 9.83. The lowest BCUT2D eigenvalue weighted by molar-refractivity contribution is -0.144. The van der Waals surface area contributed by atoms with E-state index in [9.17, 15) is 4.79 Å². The molecule has 0 aliphatic carbocycles. The predicted octanol–water partition coefficient (Wildman–Crippen LogP) is 5.61. The Bertz CT molecular complexity index is 916. The average molecular weight is 478 g/mol. The molecule has 0 bridgehead atoms. The number of benzene rings is 2. The van der Waals surface area contributed by atoms with E-state index in [0.29, 0.717) is 6.61 Å². The Morgan fingerprint density at radius 2 is 1.54 bits per heavy atom. The number of ether oxygens (including phenoxy) is 1. The molecule has 4 nitrogen and oxygen atoms in total. The summed E-state index contributed by atoms with van der Waals surface area (Å²) in [6, 6.07) is 16.0. The number of hydrogen-bond acceptors (Lipinski definition) is 3. The molecule has 0 saturated carbocycles. The van der Waals surface area contributed by atoms with Crippen LogP contribution >= 0.6 is 31.9 Å². The monoisotopic (exact) mass is 476 g/mol. The van der Waals surface area contributed by atoms with Crippen LogP contribution in [-0.2, 0) is 16.1 Å². The summed E-state index contributed by atoms with van der Waals surface area (Å²) < 4.78 is 8.86. The summed E-state index contributed by atoms with van der Waals surface area (Å²) in [5.41, 5.74) is 4.82. The van der Waals surface area contributed by atoms with Gasteiger partial charge in [-0.25, -0.2) is 0 Å². The normalized spacial score (nSPS) is 10.8. The van der Waals surface area contributed by atoms with Gasteiger partial charge in [0.2, 0.25) is 0 Å². The van der Waals surface area contributed by atoms with E-state index in [-0.39, 0.29) is 12.5 Å². The van der Waals surface area contributed by atoms with Crippen LogP contribution in [0.5, 0.6) is 0 Å². The van der Waals surface area contributed by atoms with Gasteiger partial charge >= 0.3 is 5.97 Å². The largest absolute Gasteiger partial charge is 0.465 e. The smallest absolute Gasteiger partial charge is 0.327 e. The molecule has 0 fully saturated rings. The fourth-order valence-corrected chi connectivity index (χ4v) is 3.38. The number of aromatic nitrogens is 2. The minimum Gasteiger partial charge on any atom is -0.465 e. The van der Waals surface area contributed by atoms with Gasteiger partial charge in [-0.15, -0.1) is 0 Å². The lowest BCUT2D eigenvalue weighted by Gasteiger charge is -2.08. The Labute approximate surface area is 169 Å². The fraction of sp³-hybridized carbons (Fsp3) is 0.200. The number of rotatable bonds is 5. The summed E-state index contributed by atoms with van der Waals surface area (Å²) in [4.78, 5) is 12.1. The molecule has 0 radical (unpaired) electrons. The van der Waals surface area contributed by atoms with Gasteiger partial charge in [0.1, 0.15) is 6.54 Å². The van der Waals surface area contributed by atoms with Crippen molar-refractivity contribution in [2.24, 2.45) is 0 Å². The summed E-state index contributed by atoms with van der Waals surface area (Å²) in [7, 11) is 0. The van der Waals surface area contributed by atoms with Crippen LogP contribution in [0.25, 0.3) is 22.5 Å². The van der Waals surface area contributed by atoms with Crippen LogP contribution in [-0.4, -0.2) is 22.4 Å². The van der Waals surface area contributed by atoms with Crippen LogP contribution in [0.3, 0.4) is 0 Å². The maximum absolute atomic E-state index is 12.1. The molecule has 6 heteroatoms. The molecule has 0 spiro atoms. The summed E-state index contributed by atoms with van der Waals surface area (Å²) in [6.07, 6.45) is 0. The zero-order valence-electron chi connectivity index (χ0n) is 14.5. The molecule has 0 aliphatic heterocycles. The molecule has 1 heterocycles. The lowest BCUT2D eigenvalue weighted by atomic mass is 10.0. The SMILES string of the molecule is CCOC(=O)Cn1nc(-c2ccc(Br)cc2)c(C)c1-c1ccc(Br)cc1. The third kappa shape index (κ3) is 4.07. The van der Waals surface area contributed by atoms with Crippen LogP contribution in [0.15, 0.2) is 57.5 Å². The van der Waals surface area contributed by atoms with Gasteiger partial charge in [-0.3, -0.25) is 9.48 Å². The molecule has 3 rings (SSSR count). The standard InChI is InChI=1S/C20H18Br2N2O2/c1-3-26-18(25)12-24-20(15-6-10-17(22)11-7-15)13(2)19(23-24)14-4-8-16(21)9-5-14/h4-11H,3,12H2,1-2H3. The number of nitrogens with zero attached hydrogens (tertiary/aromatic N) is 2. The van der Waals surface area contributed by atoms with Crippen molar-refractivity contribution in [1.29, 1.82) is 0 Å². The quantitative estimate of drug-likeness (QED) is 0.448. The van der Waals surface area contributed by atoms with Crippen LogP contribution in [0.2, 0.25) is 0 Å². The summed E-state index contributed by atoms with van der Waals surface area (Å²) in [6.45, 7) is 4.27. The van der Waals surface area contributed by atoms with E-state index in [1.807, 2.05) is 55.5 Å². The molecule has 3 aromatic rings. The minimum atomic E-state index is -0.296. The van der Waals surface area contributed by atoms with E-state index in [0.717, 1.165) is 37.0 Å². The molecule has 0 N–H and O–H groups in total. The van der Waals surface area contributed by atoms with Crippen molar-refractivity contribution in [1.82, 2.24) is 9.78 Å². The van der Waals surface area contributed by atoms with Crippen LogP contribution < -0.4 is 0 Å². The molecule has 0 unspecified atom stereocenters. The molecular weight excluding hydrogens is 460 g/mol. The van der Waals surface area contributed by atoms with Gasteiger partial charge in [0.25, 0.3) is 0 Å².